The minimum absolute atomic E-state index is 0.0619. The number of hydrogen-bond acceptors (Lipinski definition) is 5. The van der Waals surface area contributed by atoms with Crippen LogP contribution in [0.2, 0.25) is 36.3 Å². The Labute approximate surface area is 271 Å². The Hall–Kier alpha value is -1.46. The van der Waals surface area contributed by atoms with Crippen LogP contribution in [0, 0.1) is 11.8 Å². The fourth-order valence-electron chi connectivity index (χ4n) is 4.61. The number of carboxylic acids is 1. The first-order chi connectivity index (χ1) is 19.7. The molecular formula is C34H55BrO6Si2. The Bertz CT molecular complexity index is 1130. The van der Waals surface area contributed by atoms with E-state index in [0.717, 1.165) is 29.5 Å². The molecule has 2 rings (SSSR count). The first-order valence-electron chi connectivity index (χ1n) is 15.5. The van der Waals surface area contributed by atoms with Crippen molar-refractivity contribution < 1.29 is 28.6 Å². The second-order valence-electron chi connectivity index (χ2n) is 14.8. The van der Waals surface area contributed by atoms with E-state index in [4.69, 9.17) is 13.6 Å². The molecule has 2 N–H and O–H groups in total. The SMILES string of the molecule is CC(C)(C)[Si](C)(C)OC(CC=C=CC[C@H]1[C@@H](O)CC[C@@H]1C=CCCOc1cccc(Br)c1)(O[Si](C)(C)C(C)(C)C)C(=O)O. The molecule has 1 saturated carbocycles. The molecule has 1 aromatic carbocycles. The zero-order valence-electron chi connectivity index (χ0n) is 28.0. The molecule has 1 fully saturated rings. The van der Waals surface area contributed by atoms with Crippen LogP contribution in [0.3, 0.4) is 0 Å². The summed E-state index contributed by atoms with van der Waals surface area (Å²) in [5.74, 6) is -1.66. The van der Waals surface area contributed by atoms with Crippen molar-refractivity contribution in [3.63, 3.8) is 0 Å². The summed E-state index contributed by atoms with van der Waals surface area (Å²) in [7, 11) is -5.01. The van der Waals surface area contributed by atoms with Crippen molar-refractivity contribution in [3.05, 3.63) is 58.8 Å². The molecular weight excluding hydrogens is 640 g/mol. The van der Waals surface area contributed by atoms with Crippen LogP contribution in [0.5, 0.6) is 5.75 Å². The Morgan fingerprint density at radius 2 is 1.63 bits per heavy atom. The lowest BCUT2D eigenvalue weighted by molar-refractivity contribution is -0.191. The number of benzene rings is 1. The van der Waals surface area contributed by atoms with Crippen LogP contribution in [-0.2, 0) is 13.6 Å². The van der Waals surface area contributed by atoms with Gasteiger partial charge in [-0.1, -0.05) is 75.7 Å². The topological polar surface area (TPSA) is 85.2 Å². The molecule has 3 atom stereocenters. The van der Waals surface area contributed by atoms with Crippen LogP contribution in [0.1, 0.15) is 73.6 Å². The molecule has 1 aliphatic rings. The first-order valence-corrected chi connectivity index (χ1v) is 22.1. The van der Waals surface area contributed by atoms with Gasteiger partial charge in [-0.3, -0.25) is 0 Å². The number of ether oxygens (including phenoxy) is 1. The van der Waals surface area contributed by atoms with Crippen LogP contribution in [0.15, 0.2) is 58.8 Å². The molecule has 0 amide bonds. The van der Waals surface area contributed by atoms with E-state index in [0.29, 0.717) is 13.0 Å². The third kappa shape index (κ3) is 10.8. The van der Waals surface area contributed by atoms with Gasteiger partial charge in [-0.2, -0.15) is 0 Å². The van der Waals surface area contributed by atoms with Crippen LogP contribution in [-0.4, -0.2) is 51.3 Å². The van der Waals surface area contributed by atoms with Gasteiger partial charge in [-0.15, -0.1) is 5.73 Å². The van der Waals surface area contributed by atoms with Gasteiger partial charge in [0, 0.05) is 10.9 Å². The third-order valence-corrected chi connectivity index (χ3v) is 18.7. The Morgan fingerprint density at radius 3 is 2.16 bits per heavy atom. The molecule has 0 unspecified atom stereocenters. The molecule has 1 aromatic rings. The zero-order chi connectivity index (χ0) is 32.7. The summed E-state index contributed by atoms with van der Waals surface area (Å²) in [5.41, 5.74) is 3.21. The number of carbonyl (C=O) groups is 1. The van der Waals surface area contributed by atoms with Crippen LogP contribution in [0.25, 0.3) is 0 Å². The summed E-state index contributed by atoms with van der Waals surface area (Å²) >= 11 is 3.46. The number of rotatable bonds is 14. The molecule has 6 nitrogen and oxygen atoms in total. The Morgan fingerprint density at radius 1 is 1.02 bits per heavy atom. The highest BCUT2D eigenvalue weighted by Gasteiger charge is 2.54. The average Bonchev–Trinajstić information content (AvgIpc) is 3.20. The summed E-state index contributed by atoms with van der Waals surface area (Å²) in [6.07, 6.45) is 10.9. The van der Waals surface area contributed by atoms with E-state index < -0.39 is 28.4 Å². The smallest absolute Gasteiger partial charge is 0.362 e. The van der Waals surface area contributed by atoms with E-state index in [9.17, 15) is 15.0 Å². The van der Waals surface area contributed by atoms with Gasteiger partial charge in [0.05, 0.1) is 12.7 Å². The zero-order valence-corrected chi connectivity index (χ0v) is 31.6. The van der Waals surface area contributed by atoms with Crippen LogP contribution < -0.4 is 4.74 Å². The molecule has 9 heteroatoms. The number of aliphatic carboxylic acids is 1. The lowest BCUT2D eigenvalue weighted by Gasteiger charge is -2.48. The normalized spacial score (nSPS) is 20.2. The lowest BCUT2D eigenvalue weighted by Crippen LogP contribution is -2.60. The van der Waals surface area contributed by atoms with Crippen molar-refractivity contribution in [1.82, 2.24) is 0 Å². The predicted molar refractivity (Wildman–Crippen MR) is 184 cm³/mol. The number of aliphatic hydroxyl groups excluding tert-OH is 1. The van der Waals surface area contributed by atoms with Gasteiger partial charge in [0.15, 0.2) is 16.6 Å². The third-order valence-electron chi connectivity index (χ3n) is 9.35. The minimum Gasteiger partial charge on any atom is -0.493 e. The highest BCUT2D eigenvalue weighted by molar-refractivity contribution is 9.10. The van der Waals surface area contributed by atoms with E-state index >= 15 is 0 Å². The van der Waals surface area contributed by atoms with Crippen molar-refractivity contribution in [2.75, 3.05) is 6.61 Å². The molecule has 0 radical (unpaired) electrons. The van der Waals surface area contributed by atoms with Crippen molar-refractivity contribution in [2.45, 2.75) is 122 Å². The summed E-state index contributed by atoms with van der Waals surface area (Å²) in [5, 5.41) is 20.9. The maximum absolute atomic E-state index is 12.9. The van der Waals surface area contributed by atoms with Gasteiger partial charge in [0.2, 0.25) is 0 Å². The van der Waals surface area contributed by atoms with Gasteiger partial charge < -0.3 is 23.8 Å². The first kappa shape index (κ1) is 37.7. The second-order valence-corrected chi connectivity index (χ2v) is 25.2. The largest absolute Gasteiger partial charge is 0.493 e. The Kier molecular flexibility index (Phi) is 13.4. The molecule has 1 aliphatic carbocycles. The minimum atomic E-state index is -2.50. The van der Waals surface area contributed by atoms with E-state index in [2.05, 4.69) is 102 Å². The summed E-state index contributed by atoms with van der Waals surface area (Å²) in [6.45, 7) is 21.4. The fraction of sp³-hybridized carbons (Fsp3) is 0.647. The summed E-state index contributed by atoms with van der Waals surface area (Å²) in [6, 6.07) is 7.81. The number of hydrogen-bond donors (Lipinski definition) is 2. The van der Waals surface area contributed by atoms with E-state index in [-0.39, 0.29) is 34.4 Å². The van der Waals surface area contributed by atoms with Crippen molar-refractivity contribution in [2.24, 2.45) is 11.8 Å². The maximum atomic E-state index is 12.9. The fourth-order valence-corrected chi connectivity index (χ4v) is 7.76. The highest BCUT2D eigenvalue weighted by Crippen LogP contribution is 2.45. The van der Waals surface area contributed by atoms with Gasteiger partial charge in [-0.05, 0) is 104 Å². The number of aliphatic hydroxyl groups is 1. The number of halogens is 1. The molecule has 242 valence electrons. The summed E-state index contributed by atoms with van der Waals surface area (Å²) in [4.78, 5) is 12.9. The van der Waals surface area contributed by atoms with E-state index in [1.54, 1.807) is 6.08 Å². The van der Waals surface area contributed by atoms with Crippen LogP contribution in [0.4, 0.5) is 0 Å². The van der Waals surface area contributed by atoms with Crippen molar-refractivity contribution in [1.29, 1.82) is 0 Å². The summed E-state index contributed by atoms with van der Waals surface area (Å²) < 4.78 is 20.0. The van der Waals surface area contributed by atoms with Gasteiger partial charge in [0.1, 0.15) is 5.75 Å². The number of allylic oxidation sites excluding steroid dienone is 1. The predicted octanol–water partition coefficient (Wildman–Crippen LogP) is 9.48. The van der Waals surface area contributed by atoms with Gasteiger partial charge >= 0.3 is 5.97 Å². The molecule has 0 aromatic heterocycles. The quantitative estimate of drug-likeness (QED) is 0.0663. The Balaban J connectivity index is 2.13. The van der Waals surface area contributed by atoms with E-state index in [1.807, 2.05) is 30.3 Å². The molecule has 0 spiro atoms. The van der Waals surface area contributed by atoms with Crippen molar-refractivity contribution in [3.8, 4) is 5.75 Å². The standard InChI is InChI=1S/C34H55BrO6Si2/c1-32(2,3)42(7,8)40-34(31(37)38,41-43(9,10)33(4,5)6)23-14-11-12-20-29-26(21-22-30(29)36)17-13-15-24-39-28-19-16-18-27(35)25-28/h12-14,16-19,25-26,29-30,36H,15,20-24H2,1-10H3,(H,37,38)/t11?,26-,29+,30-/m0/s1. The second kappa shape index (κ2) is 15.2. The van der Waals surface area contributed by atoms with Crippen LogP contribution >= 0.6 is 15.9 Å². The van der Waals surface area contributed by atoms with Gasteiger partial charge in [0.25, 0.3) is 5.79 Å². The van der Waals surface area contributed by atoms with E-state index in [1.165, 1.54) is 0 Å². The molecule has 0 bridgehead atoms. The average molecular weight is 696 g/mol. The lowest BCUT2D eigenvalue weighted by atomic mass is 9.91. The van der Waals surface area contributed by atoms with Crippen molar-refractivity contribution >= 4 is 38.5 Å². The highest BCUT2D eigenvalue weighted by atomic mass is 79.9. The maximum Gasteiger partial charge on any atom is 0.362 e. The number of carboxylic acid groups (broad SMARTS) is 1. The molecule has 0 heterocycles. The van der Waals surface area contributed by atoms with Gasteiger partial charge in [-0.25, -0.2) is 4.79 Å². The monoisotopic (exact) mass is 694 g/mol. The molecule has 43 heavy (non-hydrogen) atoms. The molecule has 0 aliphatic heterocycles. The molecule has 0 saturated heterocycles.